The molecule has 1 aromatic heterocycles. The van der Waals surface area contributed by atoms with Crippen LogP contribution in [0.2, 0.25) is 0 Å². The van der Waals surface area contributed by atoms with Gasteiger partial charge < -0.3 is 0 Å². The molecule has 0 aliphatic heterocycles. The number of nitrogens with zero attached hydrogens (tertiary/aromatic N) is 1. The van der Waals surface area contributed by atoms with Crippen LogP contribution in [0.25, 0.3) is 6.08 Å². The fourth-order valence-electron chi connectivity index (χ4n) is 1.61. The summed E-state index contributed by atoms with van der Waals surface area (Å²) >= 11 is 4.93. The van der Waals surface area contributed by atoms with Crippen molar-refractivity contribution in [3.63, 3.8) is 0 Å². The quantitative estimate of drug-likeness (QED) is 0.451. The largest absolute Gasteiger partial charge is 0.298 e. The summed E-state index contributed by atoms with van der Waals surface area (Å²) in [6, 6.07) is 12.5. The van der Waals surface area contributed by atoms with Gasteiger partial charge in [0.15, 0.2) is 5.11 Å². The number of pyridine rings is 1. The maximum Gasteiger partial charge on any atom is 0.269 e. The van der Waals surface area contributed by atoms with Gasteiger partial charge in [-0.3, -0.25) is 30.7 Å². The number of hydrazine groups is 1. The van der Waals surface area contributed by atoms with Crippen LogP contribution in [0.4, 0.5) is 0 Å². The summed E-state index contributed by atoms with van der Waals surface area (Å²) < 4.78 is 0. The van der Waals surface area contributed by atoms with E-state index in [4.69, 9.17) is 12.2 Å². The lowest BCUT2D eigenvalue weighted by Gasteiger charge is -2.09. The first kappa shape index (κ1) is 16.3. The molecule has 3 N–H and O–H groups in total. The summed E-state index contributed by atoms with van der Waals surface area (Å²) in [6.07, 6.45) is 6.02. The highest BCUT2D eigenvalue weighted by Gasteiger charge is 2.05. The molecule has 0 fully saturated rings. The number of rotatable bonds is 3. The highest BCUT2D eigenvalue weighted by Crippen LogP contribution is 2.00. The van der Waals surface area contributed by atoms with Gasteiger partial charge in [0.05, 0.1) is 0 Å². The molecule has 2 amide bonds. The van der Waals surface area contributed by atoms with E-state index in [1.807, 2.05) is 30.3 Å². The van der Waals surface area contributed by atoms with Gasteiger partial charge in [-0.15, -0.1) is 0 Å². The molecule has 0 aliphatic carbocycles. The molecule has 0 spiro atoms. The second-order valence-electron chi connectivity index (χ2n) is 4.38. The van der Waals surface area contributed by atoms with Crippen molar-refractivity contribution in [2.24, 2.45) is 0 Å². The van der Waals surface area contributed by atoms with Gasteiger partial charge in [-0.2, -0.15) is 0 Å². The number of amides is 2. The summed E-state index contributed by atoms with van der Waals surface area (Å²) in [7, 11) is 0. The number of hydrogen-bond donors (Lipinski definition) is 3. The minimum absolute atomic E-state index is 0.00452. The van der Waals surface area contributed by atoms with Crippen LogP contribution in [0.3, 0.4) is 0 Å². The molecule has 0 saturated heterocycles. The molecule has 1 heterocycles. The second kappa shape index (κ2) is 8.40. The predicted molar refractivity (Wildman–Crippen MR) is 91.1 cm³/mol. The smallest absolute Gasteiger partial charge is 0.269 e. The Hall–Kier alpha value is -3.06. The fraction of sp³-hybridized carbons (Fsp3) is 0. The van der Waals surface area contributed by atoms with Gasteiger partial charge in [0.2, 0.25) is 5.91 Å². The number of nitrogens with one attached hydrogen (secondary N) is 3. The summed E-state index contributed by atoms with van der Waals surface area (Å²) in [6.45, 7) is 0. The van der Waals surface area contributed by atoms with E-state index in [0.717, 1.165) is 5.56 Å². The lowest BCUT2D eigenvalue weighted by Crippen LogP contribution is -2.48. The van der Waals surface area contributed by atoms with Crippen LogP contribution in [0.5, 0.6) is 0 Å². The van der Waals surface area contributed by atoms with Gasteiger partial charge in [0.25, 0.3) is 5.91 Å². The third kappa shape index (κ3) is 5.68. The molecule has 6 nitrogen and oxygen atoms in total. The highest BCUT2D eigenvalue weighted by molar-refractivity contribution is 7.80. The topological polar surface area (TPSA) is 83.1 Å². The third-order valence-corrected chi connectivity index (χ3v) is 2.90. The van der Waals surface area contributed by atoms with E-state index < -0.39 is 5.91 Å². The first-order valence-corrected chi connectivity index (χ1v) is 7.10. The van der Waals surface area contributed by atoms with E-state index in [-0.39, 0.29) is 11.0 Å². The van der Waals surface area contributed by atoms with Crippen LogP contribution < -0.4 is 16.2 Å². The average Bonchev–Trinajstić information content (AvgIpc) is 2.59. The van der Waals surface area contributed by atoms with Crippen molar-refractivity contribution in [3.05, 3.63) is 72.1 Å². The maximum absolute atomic E-state index is 11.8. The first-order valence-electron chi connectivity index (χ1n) is 6.69. The average molecular weight is 326 g/mol. The Morgan fingerprint density at radius 1 is 1.00 bits per heavy atom. The van der Waals surface area contributed by atoms with Crippen LogP contribution in [-0.2, 0) is 4.79 Å². The molecule has 0 radical (unpaired) electrons. The lowest BCUT2D eigenvalue weighted by molar-refractivity contribution is -0.115. The Labute approximate surface area is 138 Å². The molecule has 0 saturated carbocycles. The van der Waals surface area contributed by atoms with Crippen molar-refractivity contribution in [1.82, 2.24) is 21.2 Å². The summed E-state index contributed by atoms with van der Waals surface area (Å²) in [4.78, 5) is 27.3. The monoisotopic (exact) mass is 326 g/mol. The van der Waals surface area contributed by atoms with Crippen molar-refractivity contribution in [2.75, 3.05) is 0 Å². The number of thiocarbonyl (C=S) groups is 1. The van der Waals surface area contributed by atoms with Crippen LogP contribution >= 0.6 is 12.2 Å². The number of carbonyl (C=O) groups excluding carboxylic acids is 2. The number of benzene rings is 1. The number of aromatic nitrogens is 1. The van der Waals surface area contributed by atoms with Crippen molar-refractivity contribution < 1.29 is 9.59 Å². The molecular weight excluding hydrogens is 312 g/mol. The second-order valence-corrected chi connectivity index (χ2v) is 4.79. The van der Waals surface area contributed by atoms with Crippen molar-refractivity contribution >= 4 is 35.2 Å². The van der Waals surface area contributed by atoms with Crippen LogP contribution in [0.1, 0.15) is 15.9 Å². The molecule has 7 heteroatoms. The summed E-state index contributed by atoms with van der Waals surface area (Å²) in [5.41, 5.74) is 6.15. The van der Waals surface area contributed by atoms with Gasteiger partial charge >= 0.3 is 0 Å². The minimum atomic E-state index is -0.399. The molecule has 0 unspecified atom stereocenters. The van der Waals surface area contributed by atoms with E-state index in [1.165, 1.54) is 18.5 Å². The van der Waals surface area contributed by atoms with E-state index >= 15 is 0 Å². The molecule has 0 aliphatic rings. The number of hydrogen-bond acceptors (Lipinski definition) is 4. The zero-order valence-electron chi connectivity index (χ0n) is 12.0. The SMILES string of the molecule is O=C(/C=C/c1ccccc1)NC(=S)NNC(=O)c1ccncc1. The van der Waals surface area contributed by atoms with Crippen molar-refractivity contribution in [1.29, 1.82) is 0 Å². The van der Waals surface area contributed by atoms with Crippen LogP contribution in [-0.4, -0.2) is 21.9 Å². The lowest BCUT2D eigenvalue weighted by atomic mass is 10.2. The van der Waals surface area contributed by atoms with Crippen molar-refractivity contribution in [3.8, 4) is 0 Å². The van der Waals surface area contributed by atoms with Gasteiger partial charge in [0.1, 0.15) is 0 Å². The van der Waals surface area contributed by atoms with E-state index in [2.05, 4.69) is 21.2 Å². The zero-order chi connectivity index (χ0) is 16.5. The summed E-state index contributed by atoms with van der Waals surface area (Å²) in [5, 5.41) is 2.42. The van der Waals surface area contributed by atoms with Crippen LogP contribution in [0, 0.1) is 0 Å². The molecule has 2 rings (SSSR count). The van der Waals surface area contributed by atoms with Crippen LogP contribution in [0.15, 0.2) is 60.9 Å². The molecule has 23 heavy (non-hydrogen) atoms. The third-order valence-electron chi connectivity index (χ3n) is 2.70. The Balaban J connectivity index is 1.77. The zero-order valence-corrected chi connectivity index (χ0v) is 12.8. The first-order chi connectivity index (χ1) is 11.1. The van der Waals surface area contributed by atoms with Gasteiger partial charge in [0, 0.05) is 24.0 Å². The van der Waals surface area contributed by atoms with E-state index in [9.17, 15) is 9.59 Å². The molecular formula is C16H14N4O2S. The molecule has 0 bridgehead atoms. The Morgan fingerprint density at radius 3 is 2.39 bits per heavy atom. The van der Waals surface area contributed by atoms with Gasteiger partial charge in [-0.05, 0) is 36.0 Å². The normalized spacial score (nSPS) is 10.1. The molecule has 116 valence electrons. The Kier molecular flexibility index (Phi) is 5.96. The number of carbonyl (C=O) groups is 2. The van der Waals surface area contributed by atoms with E-state index in [0.29, 0.717) is 5.56 Å². The molecule has 0 atom stereocenters. The van der Waals surface area contributed by atoms with E-state index in [1.54, 1.807) is 18.2 Å². The predicted octanol–water partition coefficient (Wildman–Crippen LogP) is 1.43. The maximum atomic E-state index is 11.8. The van der Waals surface area contributed by atoms with Crippen molar-refractivity contribution in [2.45, 2.75) is 0 Å². The Morgan fingerprint density at radius 2 is 1.70 bits per heavy atom. The minimum Gasteiger partial charge on any atom is -0.298 e. The van der Waals surface area contributed by atoms with Gasteiger partial charge in [-0.1, -0.05) is 30.3 Å². The van der Waals surface area contributed by atoms with Gasteiger partial charge in [-0.25, -0.2) is 0 Å². The molecule has 1 aromatic carbocycles. The highest BCUT2D eigenvalue weighted by atomic mass is 32.1. The molecule has 2 aromatic rings. The standard InChI is InChI=1S/C16H14N4O2S/c21-14(7-6-12-4-2-1-3-5-12)18-16(23)20-19-15(22)13-8-10-17-11-9-13/h1-11H,(H,19,22)(H2,18,20,21,23)/b7-6+. The summed E-state index contributed by atoms with van der Waals surface area (Å²) in [5.74, 6) is -0.784. The fourth-order valence-corrected chi connectivity index (χ4v) is 1.76. The Bertz CT molecular complexity index is 717.